The van der Waals surface area contributed by atoms with Crippen molar-refractivity contribution in [2.45, 2.75) is 41.5 Å². The average molecular weight is 458 g/mol. The van der Waals surface area contributed by atoms with Gasteiger partial charge < -0.3 is 4.57 Å². The molecule has 1 saturated heterocycles. The fourth-order valence-corrected chi connectivity index (χ4v) is 4.69. The van der Waals surface area contributed by atoms with Gasteiger partial charge in [-0.15, -0.1) is 0 Å². The van der Waals surface area contributed by atoms with Crippen molar-refractivity contribution in [3.05, 3.63) is 87.2 Å². The van der Waals surface area contributed by atoms with Gasteiger partial charge in [0, 0.05) is 17.1 Å². The number of carbonyl (C=O) groups excluding carboxylic acids is 2. The van der Waals surface area contributed by atoms with Gasteiger partial charge in [0.1, 0.15) is 5.57 Å². The van der Waals surface area contributed by atoms with Gasteiger partial charge in [-0.3, -0.25) is 19.8 Å². The summed E-state index contributed by atoms with van der Waals surface area (Å²) in [7, 11) is 0. The smallest absolute Gasteiger partial charge is 0.270 e. The summed E-state index contributed by atoms with van der Waals surface area (Å²) in [6, 6.07) is 14.0. The summed E-state index contributed by atoms with van der Waals surface area (Å²) < 4.78 is 2.16. The molecule has 33 heavy (non-hydrogen) atoms. The molecular formula is C27H27N3O2S. The first-order valence-corrected chi connectivity index (χ1v) is 11.2. The standard InChI is InChI=1S/C27H27N3O2S/c1-15-10-16(2)12-22(11-15)30-26(32)23(25(31)28-27(30)33)14-21-13-18(4)29(20(21)6)24-9-7-8-17(3)19(24)5/h7-14H,1-6H3,(H,28,31,33)/b23-14+. The van der Waals surface area contributed by atoms with Crippen LogP contribution < -0.4 is 10.2 Å². The van der Waals surface area contributed by atoms with Crippen molar-refractivity contribution in [2.24, 2.45) is 0 Å². The number of aryl methyl sites for hydroxylation is 4. The highest BCUT2D eigenvalue weighted by molar-refractivity contribution is 7.80. The zero-order chi connectivity index (χ0) is 24.0. The lowest BCUT2D eigenvalue weighted by Crippen LogP contribution is -2.54. The molecule has 2 heterocycles. The zero-order valence-corrected chi connectivity index (χ0v) is 20.6. The van der Waals surface area contributed by atoms with Crippen LogP contribution in [0, 0.1) is 41.5 Å². The second-order valence-corrected chi connectivity index (χ2v) is 9.07. The van der Waals surface area contributed by atoms with E-state index in [0.717, 1.165) is 33.8 Å². The lowest BCUT2D eigenvalue weighted by Gasteiger charge is -2.29. The fourth-order valence-electron chi connectivity index (χ4n) is 4.41. The van der Waals surface area contributed by atoms with Crippen LogP contribution in [-0.2, 0) is 9.59 Å². The second-order valence-electron chi connectivity index (χ2n) is 8.68. The molecule has 0 unspecified atom stereocenters. The summed E-state index contributed by atoms with van der Waals surface area (Å²) >= 11 is 5.35. The van der Waals surface area contributed by atoms with E-state index in [9.17, 15) is 9.59 Å². The van der Waals surface area contributed by atoms with Gasteiger partial charge in [0.15, 0.2) is 5.11 Å². The Morgan fingerprint density at radius 3 is 2.24 bits per heavy atom. The molecule has 0 bridgehead atoms. The monoisotopic (exact) mass is 457 g/mol. The molecule has 0 atom stereocenters. The van der Waals surface area contributed by atoms with E-state index in [2.05, 4.69) is 35.9 Å². The fraction of sp³-hybridized carbons (Fsp3) is 0.222. The number of amides is 2. The van der Waals surface area contributed by atoms with Crippen LogP contribution in [0.25, 0.3) is 11.8 Å². The number of carbonyl (C=O) groups is 2. The van der Waals surface area contributed by atoms with Crippen molar-refractivity contribution in [2.75, 3.05) is 4.90 Å². The van der Waals surface area contributed by atoms with Crippen molar-refractivity contribution in [1.82, 2.24) is 9.88 Å². The van der Waals surface area contributed by atoms with Crippen LogP contribution in [-0.4, -0.2) is 21.5 Å². The first-order chi connectivity index (χ1) is 15.6. The van der Waals surface area contributed by atoms with Crippen LogP contribution >= 0.6 is 12.2 Å². The van der Waals surface area contributed by atoms with E-state index >= 15 is 0 Å². The van der Waals surface area contributed by atoms with E-state index in [-0.39, 0.29) is 10.7 Å². The molecule has 1 N–H and O–H groups in total. The molecule has 0 aliphatic carbocycles. The molecule has 2 aromatic carbocycles. The predicted octanol–water partition coefficient (Wildman–Crippen LogP) is 5.16. The molecule has 5 nitrogen and oxygen atoms in total. The highest BCUT2D eigenvalue weighted by Crippen LogP contribution is 2.28. The molecule has 0 radical (unpaired) electrons. The van der Waals surface area contributed by atoms with Crippen molar-refractivity contribution >= 4 is 40.9 Å². The molecule has 0 saturated carbocycles. The van der Waals surface area contributed by atoms with Crippen LogP contribution in [0.1, 0.15) is 39.2 Å². The molecule has 1 aromatic heterocycles. The Morgan fingerprint density at radius 1 is 0.909 bits per heavy atom. The topological polar surface area (TPSA) is 54.3 Å². The van der Waals surface area contributed by atoms with Crippen molar-refractivity contribution < 1.29 is 9.59 Å². The number of thiocarbonyl (C=S) groups is 1. The minimum absolute atomic E-state index is 0.0592. The highest BCUT2D eigenvalue weighted by atomic mass is 32.1. The third kappa shape index (κ3) is 4.02. The Kier molecular flexibility index (Phi) is 5.80. The average Bonchev–Trinajstić information content (AvgIpc) is 2.99. The number of anilines is 1. The Balaban J connectivity index is 1.80. The first kappa shape index (κ1) is 22.7. The van der Waals surface area contributed by atoms with Gasteiger partial charge in [-0.2, -0.15) is 0 Å². The Bertz CT molecular complexity index is 1340. The van der Waals surface area contributed by atoms with Crippen LogP contribution in [0.4, 0.5) is 5.69 Å². The molecule has 6 heteroatoms. The Labute approximate surface area is 199 Å². The Morgan fingerprint density at radius 2 is 1.58 bits per heavy atom. The maximum atomic E-state index is 13.4. The molecule has 1 aliphatic heterocycles. The number of nitrogens with one attached hydrogen (secondary N) is 1. The minimum Gasteiger partial charge on any atom is -0.318 e. The summed E-state index contributed by atoms with van der Waals surface area (Å²) in [4.78, 5) is 27.6. The molecule has 2 amide bonds. The van der Waals surface area contributed by atoms with Crippen molar-refractivity contribution in [3.8, 4) is 5.69 Å². The van der Waals surface area contributed by atoms with Crippen LogP contribution in [0.2, 0.25) is 0 Å². The van der Waals surface area contributed by atoms with E-state index in [1.165, 1.54) is 16.0 Å². The lowest BCUT2D eigenvalue weighted by molar-refractivity contribution is -0.122. The van der Waals surface area contributed by atoms with Gasteiger partial charge in [0.2, 0.25) is 0 Å². The van der Waals surface area contributed by atoms with Gasteiger partial charge in [0.05, 0.1) is 5.69 Å². The third-order valence-electron chi connectivity index (χ3n) is 6.15. The van der Waals surface area contributed by atoms with Crippen LogP contribution in [0.15, 0.2) is 48.0 Å². The molecule has 168 valence electrons. The summed E-state index contributed by atoms with van der Waals surface area (Å²) in [5.41, 5.74) is 9.03. The number of hydrogen-bond donors (Lipinski definition) is 1. The van der Waals surface area contributed by atoms with Crippen LogP contribution in [0.3, 0.4) is 0 Å². The summed E-state index contributed by atoms with van der Waals surface area (Å²) in [6.45, 7) is 12.1. The number of nitrogens with zero attached hydrogens (tertiary/aromatic N) is 2. The van der Waals surface area contributed by atoms with E-state index in [1.54, 1.807) is 6.08 Å². The number of benzene rings is 2. The molecule has 1 fully saturated rings. The normalized spacial score (nSPS) is 15.4. The molecule has 3 aromatic rings. The van der Waals surface area contributed by atoms with E-state index in [0.29, 0.717) is 5.69 Å². The van der Waals surface area contributed by atoms with Crippen LogP contribution in [0.5, 0.6) is 0 Å². The van der Waals surface area contributed by atoms with Crippen molar-refractivity contribution in [3.63, 3.8) is 0 Å². The van der Waals surface area contributed by atoms with Gasteiger partial charge in [-0.25, -0.2) is 0 Å². The summed E-state index contributed by atoms with van der Waals surface area (Å²) in [5, 5.41) is 2.77. The highest BCUT2D eigenvalue weighted by Gasteiger charge is 2.35. The summed E-state index contributed by atoms with van der Waals surface area (Å²) in [6.07, 6.45) is 1.67. The first-order valence-electron chi connectivity index (χ1n) is 10.8. The van der Waals surface area contributed by atoms with Gasteiger partial charge >= 0.3 is 0 Å². The third-order valence-corrected chi connectivity index (χ3v) is 6.44. The minimum atomic E-state index is -0.484. The second kappa shape index (κ2) is 8.45. The van der Waals surface area contributed by atoms with E-state index in [4.69, 9.17) is 12.2 Å². The van der Waals surface area contributed by atoms with Crippen molar-refractivity contribution in [1.29, 1.82) is 0 Å². The van der Waals surface area contributed by atoms with Gasteiger partial charge in [-0.05, 0) is 112 Å². The molecule has 0 spiro atoms. The van der Waals surface area contributed by atoms with E-state index in [1.807, 2.05) is 58.0 Å². The number of aromatic nitrogens is 1. The van der Waals surface area contributed by atoms with E-state index < -0.39 is 11.8 Å². The summed E-state index contributed by atoms with van der Waals surface area (Å²) in [5.74, 6) is -0.910. The SMILES string of the molecule is Cc1cc(C)cc(N2C(=O)/C(=C/c3cc(C)n(-c4cccc(C)c4C)c3C)C(=O)NC2=S)c1. The lowest BCUT2D eigenvalue weighted by atomic mass is 10.1. The van der Waals surface area contributed by atoms with Gasteiger partial charge in [0.25, 0.3) is 11.8 Å². The maximum Gasteiger partial charge on any atom is 0.270 e. The maximum absolute atomic E-state index is 13.4. The number of hydrogen-bond acceptors (Lipinski definition) is 3. The molecule has 4 rings (SSSR count). The Hall–Kier alpha value is -3.51. The van der Waals surface area contributed by atoms with Gasteiger partial charge in [-0.1, -0.05) is 18.2 Å². The molecular weight excluding hydrogens is 430 g/mol. The predicted molar refractivity (Wildman–Crippen MR) is 137 cm³/mol. The zero-order valence-electron chi connectivity index (χ0n) is 19.7. The molecule has 1 aliphatic rings. The largest absolute Gasteiger partial charge is 0.318 e. The number of rotatable bonds is 3. The quantitative estimate of drug-likeness (QED) is 0.336.